The maximum Gasteiger partial charge on any atom is 0.306 e. The van der Waals surface area contributed by atoms with Crippen molar-refractivity contribution in [3.63, 3.8) is 0 Å². The highest BCUT2D eigenvalue weighted by molar-refractivity contribution is 7.89. The number of sulfonamides is 1. The summed E-state index contributed by atoms with van der Waals surface area (Å²) in [4.78, 5) is 13.1. The first-order valence-electron chi connectivity index (χ1n) is 13.5. The summed E-state index contributed by atoms with van der Waals surface area (Å²) in [5.74, 6) is -0.404. The number of ether oxygens (including phenoxy) is 2. The number of esters is 1. The summed E-state index contributed by atoms with van der Waals surface area (Å²) in [6, 6.07) is 15.7. The molecule has 0 aromatic heterocycles. The van der Waals surface area contributed by atoms with Crippen LogP contribution in [0.2, 0.25) is 0 Å². The highest BCUT2D eigenvalue weighted by Gasteiger charge is 2.40. The minimum absolute atomic E-state index is 0.000187. The third-order valence-corrected chi connectivity index (χ3v) is 9.34. The first kappa shape index (κ1) is 28.5. The van der Waals surface area contributed by atoms with Gasteiger partial charge in [0.05, 0.1) is 23.5 Å². The molecule has 208 valence electrons. The zero-order chi connectivity index (χ0) is 27.3. The van der Waals surface area contributed by atoms with Crippen molar-refractivity contribution >= 4 is 21.7 Å². The second-order valence-electron chi connectivity index (χ2n) is 11.0. The fourth-order valence-electron chi connectivity index (χ4n) is 5.55. The lowest BCUT2D eigenvalue weighted by molar-refractivity contribution is -0.151. The number of anilines is 1. The number of nitrogens with zero attached hydrogens (tertiary/aromatic N) is 1. The van der Waals surface area contributed by atoms with Crippen LogP contribution in [-0.4, -0.2) is 61.8 Å². The van der Waals surface area contributed by atoms with Crippen molar-refractivity contribution in [3.05, 3.63) is 60.2 Å². The smallest absolute Gasteiger partial charge is 0.306 e. The Hall–Kier alpha value is -2.46. The number of rotatable bonds is 12. The molecule has 9 heteroatoms. The minimum Gasteiger partial charge on any atom is -0.462 e. The number of carbonyl (C=O) groups excluding carboxylic acids is 1. The third kappa shape index (κ3) is 7.34. The molecule has 2 aliphatic rings. The van der Waals surface area contributed by atoms with E-state index < -0.39 is 22.0 Å². The van der Waals surface area contributed by atoms with Gasteiger partial charge in [-0.15, -0.1) is 0 Å². The van der Waals surface area contributed by atoms with E-state index in [-0.39, 0.29) is 48.5 Å². The van der Waals surface area contributed by atoms with Crippen molar-refractivity contribution in [1.29, 1.82) is 0 Å². The summed E-state index contributed by atoms with van der Waals surface area (Å²) in [7, 11) is -3.88. The maximum absolute atomic E-state index is 13.5. The number of aliphatic hydroxyl groups is 1. The lowest BCUT2D eigenvalue weighted by atomic mass is 9.90. The Bertz CT molecular complexity index is 1140. The average molecular weight is 545 g/mol. The Kier molecular flexibility index (Phi) is 9.46. The van der Waals surface area contributed by atoms with Crippen molar-refractivity contribution in [2.45, 2.75) is 69.2 Å². The first-order valence-corrected chi connectivity index (χ1v) is 14.9. The molecule has 2 fully saturated rings. The van der Waals surface area contributed by atoms with E-state index in [1.54, 1.807) is 12.1 Å². The third-order valence-electron chi connectivity index (χ3n) is 7.50. The lowest BCUT2D eigenvalue weighted by Crippen LogP contribution is -2.43. The van der Waals surface area contributed by atoms with Crippen molar-refractivity contribution in [1.82, 2.24) is 4.31 Å². The van der Waals surface area contributed by atoms with Crippen molar-refractivity contribution in [2.24, 2.45) is 17.8 Å². The predicted octanol–water partition coefficient (Wildman–Crippen LogP) is 3.64. The number of carbonyl (C=O) groups is 1. The number of aliphatic hydroxyl groups excluding tert-OH is 1. The standard InChI is InChI=1S/C29H40N2O6S/c1-20(2)18-31(38(34,35)26-10-8-24(30)9-11-26)19-27(32)23(14-21-6-4-3-5-7-21)16-29(33)37-25-15-22-12-13-36-28(22)17-25/h3-11,20,22-23,25,27-28,32H,12-19,30H2,1-2H3/t22?,23-,25-,27-,28-/m1/s1. The van der Waals surface area contributed by atoms with E-state index in [1.807, 2.05) is 44.2 Å². The molecule has 0 amide bonds. The summed E-state index contributed by atoms with van der Waals surface area (Å²) in [6.07, 6.45) is 1.87. The van der Waals surface area contributed by atoms with Crippen LogP contribution in [0.5, 0.6) is 0 Å². The van der Waals surface area contributed by atoms with Crippen LogP contribution in [-0.2, 0) is 30.7 Å². The van der Waals surface area contributed by atoms with Gasteiger partial charge in [-0.1, -0.05) is 44.2 Å². The molecule has 3 N–H and O–H groups in total. The van der Waals surface area contributed by atoms with Crippen LogP contribution in [0.3, 0.4) is 0 Å². The van der Waals surface area contributed by atoms with Gasteiger partial charge in [0.15, 0.2) is 0 Å². The second kappa shape index (κ2) is 12.6. The molecule has 0 bridgehead atoms. The molecule has 38 heavy (non-hydrogen) atoms. The van der Waals surface area contributed by atoms with Crippen LogP contribution in [0.15, 0.2) is 59.5 Å². The van der Waals surface area contributed by atoms with Gasteiger partial charge < -0.3 is 20.3 Å². The molecule has 0 radical (unpaired) electrons. The Morgan fingerprint density at radius 3 is 2.47 bits per heavy atom. The van der Waals surface area contributed by atoms with Gasteiger partial charge in [0.1, 0.15) is 6.10 Å². The first-order chi connectivity index (χ1) is 18.1. The molecule has 5 atom stereocenters. The molecule has 0 spiro atoms. The van der Waals surface area contributed by atoms with Crippen LogP contribution in [0.25, 0.3) is 0 Å². The zero-order valence-electron chi connectivity index (χ0n) is 22.2. The van der Waals surface area contributed by atoms with E-state index in [4.69, 9.17) is 15.2 Å². The van der Waals surface area contributed by atoms with Gasteiger partial charge in [-0.25, -0.2) is 8.42 Å². The molecule has 1 heterocycles. The second-order valence-corrected chi connectivity index (χ2v) is 13.0. The topological polar surface area (TPSA) is 119 Å². The van der Waals surface area contributed by atoms with E-state index >= 15 is 0 Å². The molecule has 1 aliphatic carbocycles. The summed E-state index contributed by atoms with van der Waals surface area (Å²) in [5.41, 5.74) is 7.19. The van der Waals surface area contributed by atoms with E-state index in [2.05, 4.69) is 0 Å². The monoisotopic (exact) mass is 544 g/mol. The van der Waals surface area contributed by atoms with Crippen LogP contribution >= 0.6 is 0 Å². The van der Waals surface area contributed by atoms with Crippen molar-refractivity contribution < 1.29 is 27.8 Å². The fourth-order valence-corrected chi connectivity index (χ4v) is 7.17. The Balaban J connectivity index is 1.49. The highest BCUT2D eigenvalue weighted by Crippen LogP contribution is 2.37. The molecular formula is C29H40N2O6S. The van der Waals surface area contributed by atoms with Gasteiger partial charge in [0, 0.05) is 37.7 Å². The normalized spacial score (nSPS) is 22.9. The maximum atomic E-state index is 13.5. The van der Waals surface area contributed by atoms with E-state index in [9.17, 15) is 18.3 Å². The van der Waals surface area contributed by atoms with Crippen LogP contribution in [0.1, 0.15) is 45.1 Å². The van der Waals surface area contributed by atoms with Gasteiger partial charge in [0.2, 0.25) is 10.0 Å². The molecule has 1 aliphatic heterocycles. The molecule has 1 unspecified atom stereocenters. The summed E-state index contributed by atoms with van der Waals surface area (Å²) >= 11 is 0. The number of nitrogens with two attached hydrogens (primary N) is 1. The zero-order valence-corrected chi connectivity index (χ0v) is 23.1. The van der Waals surface area contributed by atoms with Gasteiger partial charge in [-0.3, -0.25) is 4.79 Å². The molecular weight excluding hydrogens is 504 g/mol. The number of nitrogen functional groups attached to an aromatic ring is 1. The Morgan fingerprint density at radius 2 is 1.82 bits per heavy atom. The summed E-state index contributed by atoms with van der Waals surface area (Å²) in [5, 5.41) is 11.4. The quantitative estimate of drug-likeness (QED) is 0.309. The largest absolute Gasteiger partial charge is 0.462 e. The molecule has 2 aromatic rings. The van der Waals surface area contributed by atoms with E-state index in [0.29, 0.717) is 24.4 Å². The van der Waals surface area contributed by atoms with Crippen molar-refractivity contribution in [2.75, 3.05) is 25.4 Å². The number of hydrogen-bond acceptors (Lipinski definition) is 7. The van der Waals surface area contributed by atoms with E-state index in [1.165, 1.54) is 16.4 Å². The molecule has 2 aromatic carbocycles. The van der Waals surface area contributed by atoms with Gasteiger partial charge in [0.25, 0.3) is 0 Å². The molecule has 1 saturated heterocycles. The highest BCUT2D eigenvalue weighted by atomic mass is 32.2. The van der Waals surface area contributed by atoms with Crippen molar-refractivity contribution in [3.8, 4) is 0 Å². The van der Waals surface area contributed by atoms with Gasteiger partial charge in [-0.2, -0.15) is 4.31 Å². The van der Waals surface area contributed by atoms with Gasteiger partial charge in [-0.05, 0) is 60.9 Å². The number of hydrogen-bond donors (Lipinski definition) is 2. The minimum atomic E-state index is -3.88. The lowest BCUT2D eigenvalue weighted by Gasteiger charge is -2.30. The van der Waals surface area contributed by atoms with Gasteiger partial charge >= 0.3 is 5.97 Å². The molecule has 1 saturated carbocycles. The Labute approximate surface area is 226 Å². The Morgan fingerprint density at radius 1 is 1.11 bits per heavy atom. The summed E-state index contributed by atoms with van der Waals surface area (Å²) in [6.45, 7) is 4.73. The van der Waals surface area contributed by atoms with Crippen LogP contribution in [0, 0.1) is 17.8 Å². The van der Waals surface area contributed by atoms with E-state index in [0.717, 1.165) is 25.0 Å². The van der Waals surface area contributed by atoms with Crippen LogP contribution < -0.4 is 5.73 Å². The molecule has 4 rings (SSSR count). The molecule has 8 nitrogen and oxygen atoms in total. The SMILES string of the molecule is CC(C)CN(C[C@@H](O)[C@@H](CC(=O)O[C@@H]1CC2CCO[C@@H]2C1)Cc1ccccc1)S(=O)(=O)c1ccc(N)cc1. The summed E-state index contributed by atoms with van der Waals surface area (Å²) < 4.78 is 39.9. The predicted molar refractivity (Wildman–Crippen MR) is 146 cm³/mol. The number of benzene rings is 2. The number of fused-ring (bicyclic) bond motifs is 1. The van der Waals surface area contributed by atoms with Crippen LogP contribution in [0.4, 0.5) is 5.69 Å². The average Bonchev–Trinajstić information content (AvgIpc) is 3.45. The fraction of sp³-hybridized carbons (Fsp3) is 0.552.